The molecular formula is C46H58N8O7S. The van der Waals surface area contributed by atoms with E-state index in [1.54, 1.807) is 18.5 Å². The Kier molecular flexibility index (Phi) is 13.1. The van der Waals surface area contributed by atoms with Crippen LogP contribution in [-0.2, 0) is 45.0 Å². The lowest BCUT2D eigenvalue weighted by atomic mass is 9.82. The molecule has 6 heterocycles. The Morgan fingerprint density at radius 2 is 1.68 bits per heavy atom. The predicted molar refractivity (Wildman–Crippen MR) is 240 cm³/mol. The Bertz CT molecular complexity index is 2660. The number of hydrogen-bond donors (Lipinski definition) is 5. The maximum atomic E-state index is 12.7. The van der Waals surface area contributed by atoms with Crippen molar-refractivity contribution in [1.82, 2.24) is 30.1 Å². The first-order valence-electron chi connectivity index (χ1n) is 21.4. The van der Waals surface area contributed by atoms with Gasteiger partial charge in [-0.1, -0.05) is 61.8 Å². The molecule has 2 saturated heterocycles. The molecule has 15 nitrogen and oxygen atoms in total. The number of rotatable bonds is 9. The quantitative estimate of drug-likeness (QED) is 0.0906. The summed E-state index contributed by atoms with van der Waals surface area (Å²) in [6, 6.07) is 21.6. The van der Waals surface area contributed by atoms with Gasteiger partial charge in [-0.2, -0.15) is 5.10 Å². The zero-order valence-electron chi connectivity index (χ0n) is 36.3. The van der Waals surface area contributed by atoms with E-state index >= 15 is 0 Å². The van der Waals surface area contributed by atoms with Gasteiger partial charge in [-0.05, 0) is 107 Å². The average molecular weight is 867 g/mol. The number of piperidine rings is 2. The molecule has 2 bridgehead atoms. The number of para-hydroxylation sites is 2. The fourth-order valence-electron chi connectivity index (χ4n) is 9.19. The zero-order chi connectivity index (χ0) is 44.3. The lowest BCUT2D eigenvalue weighted by Gasteiger charge is -2.47. The highest BCUT2D eigenvalue weighted by molar-refractivity contribution is 7.92. The summed E-state index contributed by atoms with van der Waals surface area (Å²) >= 11 is 0. The lowest BCUT2D eigenvalue weighted by Crippen LogP contribution is -2.55. The van der Waals surface area contributed by atoms with E-state index in [1.165, 1.54) is 60.0 Å². The van der Waals surface area contributed by atoms with Crippen molar-refractivity contribution in [2.45, 2.75) is 114 Å². The van der Waals surface area contributed by atoms with Gasteiger partial charge in [0.25, 0.3) is 15.9 Å². The minimum Gasteiger partial charge on any atom is -0.481 e. The summed E-state index contributed by atoms with van der Waals surface area (Å²) in [6.45, 7) is 8.17. The number of H-pyrrole nitrogens is 1. The van der Waals surface area contributed by atoms with E-state index in [4.69, 9.17) is 15.0 Å². The maximum Gasteiger partial charge on any atom is 0.306 e. The molecule has 3 aromatic heterocycles. The number of aromatic nitrogens is 4. The summed E-state index contributed by atoms with van der Waals surface area (Å²) in [7, 11) is 0.444. The van der Waals surface area contributed by atoms with Crippen LogP contribution in [0.25, 0.3) is 21.8 Å². The smallest absolute Gasteiger partial charge is 0.306 e. The van der Waals surface area contributed by atoms with Crippen molar-refractivity contribution in [3.05, 3.63) is 101 Å². The van der Waals surface area contributed by atoms with Gasteiger partial charge in [-0.3, -0.25) is 14.3 Å². The number of amides is 1. The molecule has 1 amide bonds. The minimum absolute atomic E-state index is 0.00474. The fraction of sp³-hybridized carbons (Fsp3) is 0.435. The number of carboxylic acid groups (broad SMARTS) is 1. The van der Waals surface area contributed by atoms with Crippen molar-refractivity contribution in [1.29, 1.82) is 0 Å². The van der Waals surface area contributed by atoms with Crippen molar-refractivity contribution in [3.8, 4) is 0 Å². The average Bonchev–Trinajstić information content (AvgIpc) is 3.91. The number of aromatic amines is 1. The molecule has 330 valence electrons. The molecule has 6 N–H and O–H groups in total. The van der Waals surface area contributed by atoms with Crippen LogP contribution in [0.5, 0.6) is 0 Å². The molecule has 4 atom stereocenters. The van der Waals surface area contributed by atoms with Crippen LogP contribution in [0.1, 0.15) is 97.4 Å². The third-order valence-corrected chi connectivity index (χ3v) is 14.2. The van der Waals surface area contributed by atoms with Gasteiger partial charge in [0.1, 0.15) is 5.60 Å². The minimum atomic E-state index is -3.68. The Morgan fingerprint density at radius 1 is 0.984 bits per heavy atom. The fourth-order valence-corrected chi connectivity index (χ4v) is 10.2. The number of carbonyl (C=O) groups excluding carboxylic acids is 1. The van der Waals surface area contributed by atoms with Gasteiger partial charge >= 0.3 is 5.97 Å². The van der Waals surface area contributed by atoms with Gasteiger partial charge in [0, 0.05) is 52.7 Å². The van der Waals surface area contributed by atoms with Crippen molar-refractivity contribution in [3.63, 3.8) is 0 Å². The summed E-state index contributed by atoms with van der Waals surface area (Å²) in [4.78, 5) is 30.2. The second kappa shape index (κ2) is 18.3. The van der Waals surface area contributed by atoms with Gasteiger partial charge in [0.05, 0.1) is 34.8 Å². The Labute approximate surface area is 362 Å². The van der Waals surface area contributed by atoms with E-state index in [-0.39, 0.29) is 29.1 Å². The number of aryl methyl sites for hydroxylation is 3. The van der Waals surface area contributed by atoms with Crippen molar-refractivity contribution in [2.75, 3.05) is 24.1 Å². The van der Waals surface area contributed by atoms with E-state index < -0.39 is 21.6 Å². The third kappa shape index (κ3) is 9.08. The number of sulfonamides is 1. The number of nitrogen functional groups attached to an aromatic ring is 1. The predicted octanol–water partition coefficient (Wildman–Crippen LogP) is 7.38. The summed E-state index contributed by atoms with van der Waals surface area (Å²) in [6.07, 6.45) is 8.40. The molecule has 2 unspecified atom stereocenters. The molecule has 0 aliphatic carbocycles. The summed E-state index contributed by atoms with van der Waals surface area (Å²) in [5, 5.41) is 22.8. The molecular weight excluding hydrogens is 809 g/mol. The summed E-state index contributed by atoms with van der Waals surface area (Å²) in [5.74, 6) is -0.724. The van der Waals surface area contributed by atoms with Gasteiger partial charge < -0.3 is 35.3 Å². The van der Waals surface area contributed by atoms with E-state index in [0.717, 1.165) is 47.8 Å². The number of nitrogens with zero attached hydrogens (tertiary/aromatic N) is 4. The molecule has 3 aromatic carbocycles. The number of anilines is 2. The second-order valence-corrected chi connectivity index (χ2v) is 18.3. The number of nitrogens with two attached hydrogens (primary N) is 1. The molecule has 0 saturated carbocycles. The van der Waals surface area contributed by atoms with Crippen LogP contribution < -0.4 is 15.8 Å². The first-order chi connectivity index (χ1) is 29.6. The number of fused-ring (bicyclic) bond motifs is 6. The van der Waals surface area contributed by atoms with Crippen LogP contribution in [0, 0.1) is 13.8 Å². The normalized spacial score (nSPS) is 21.0. The molecule has 0 spiro atoms. The summed E-state index contributed by atoms with van der Waals surface area (Å²) < 4.78 is 39.1. The number of carboxylic acids is 1. The van der Waals surface area contributed by atoms with Crippen molar-refractivity contribution >= 4 is 55.3 Å². The van der Waals surface area contributed by atoms with Gasteiger partial charge in [0.2, 0.25) is 5.88 Å². The van der Waals surface area contributed by atoms with Crippen LogP contribution in [0.4, 0.5) is 11.6 Å². The molecule has 62 heavy (non-hydrogen) atoms. The topological polar surface area (TPSA) is 211 Å². The lowest BCUT2D eigenvalue weighted by molar-refractivity contribution is -0.148. The number of ether oxygens (including phenoxy) is 1. The van der Waals surface area contributed by atoms with E-state index in [9.17, 15) is 23.1 Å². The van der Waals surface area contributed by atoms with Gasteiger partial charge in [-0.15, -0.1) is 0 Å². The van der Waals surface area contributed by atoms with E-state index in [2.05, 4.69) is 62.3 Å². The number of aliphatic carboxylic acids is 1. The maximum absolute atomic E-state index is 12.7. The highest BCUT2D eigenvalue weighted by Crippen LogP contribution is 2.42. The van der Waals surface area contributed by atoms with Crippen LogP contribution in [0.2, 0.25) is 0 Å². The molecule has 3 aliphatic heterocycles. The number of hydrogen-bond acceptors (Lipinski definition) is 10. The molecule has 6 aromatic rings. The van der Waals surface area contributed by atoms with Crippen LogP contribution >= 0.6 is 0 Å². The molecule has 9 rings (SSSR count). The first kappa shape index (κ1) is 44.3. The first-order valence-corrected chi connectivity index (χ1v) is 22.9. The molecule has 0 radical (unpaired) electrons. The highest BCUT2D eigenvalue weighted by Gasteiger charge is 2.41. The van der Waals surface area contributed by atoms with E-state index in [0.29, 0.717) is 47.8 Å². The van der Waals surface area contributed by atoms with Crippen molar-refractivity contribution < 1.29 is 32.4 Å². The zero-order valence-corrected chi connectivity index (χ0v) is 37.1. The van der Waals surface area contributed by atoms with Gasteiger partial charge in [0.15, 0.2) is 5.69 Å². The van der Waals surface area contributed by atoms with Crippen LogP contribution in [0.15, 0.2) is 76.1 Å². The Balaban J connectivity index is 0.000000141. The van der Waals surface area contributed by atoms with Gasteiger partial charge in [-0.25, -0.2) is 13.1 Å². The number of carbonyl (C=O) groups is 2. The van der Waals surface area contributed by atoms with E-state index in [1.807, 2.05) is 38.2 Å². The third-order valence-electron chi connectivity index (χ3n) is 12.8. The van der Waals surface area contributed by atoms with Crippen LogP contribution in [-0.4, -0.2) is 82.0 Å². The Hall–Kier alpha value is -5.71. The SMILES string of the molecule is CCc1cccc2c3c([nH]c12)C(CC)(CC(=O)O)OCC3.CN1[C@@H]2CCC[C@H]1CC(NC(=O)c1nn(C)c3ccccc13)C2.Cc1noc(NS(=O)(=O)c2ccc(N)cc2)c1C. The highest BCUT2D eigenvalue weighted by atomic mass is 32.2. The summed E-state index contributed by atoms with van der Waals surface area (Å²) in [5.41, 5.74) is 12.7. The molecule has 16 heteroatoms. The van der Waals surface area contributed by atoms with Crippen molar-refractivity contribution in [2.24, 2.45) is 7.05 Å². The number of benzene rings is 3. The standard InChI is InChI=1S/C18H24N4O.C17H21NO3.C11H13N3O3S/c1-21-13-6-5-7-14(21)11-12(10-13)19-18(23)17-15-8-3-4-9-16(15)22(2)20-17;1-3-11-6-5-7-12-13-8-9-21-17(4-2,10-14(19)20)16(13)18-15(11)12;1-7-8(2)13-17-11(7)14-18(15,16)10-5-3-9(12)4-6-10/h3-4,8-9,12-14H,5-7,10-11H2,1-2H3,(H,19,23);5-7,18H,3-4,8-10H2,1-2H3,(H,19,20);3-6,14H,12H2,1-2H3/t12?,13-,14+;;. The largest absolute Gasteiger partial charge is 0.481 e. The molecule has 2 fully saturated rings. The monoisotopic (exact) mass is 866 g/mol. The number of nitrogens with one attached hydrogen (secondary N) is 3. The van der Waals surface area contributed by atoms with Crippen LogP contribution in [0.3, 0.4) is 0 Å². The second-order valence-electron chi connectivity index (χ2n) is 16.6. The molecule has 3 aliphatic rings. The Morgan fingerprint density at radius 3 is 2.32 bits per heavy atom.